The molecule has 0 unspecified atom stereocenters. The Balaban J connectivity index is 2.20. The first-order chi connectivity index (χ1) is 12.1. The van der Waals surface area contributed by atoms with Crippen molar-refractivity contribution < 1.29 is 23.6 Å². The van der Waals surface area contributed by atoms with Crippen LogP contribution in [0.1, 0.15) is 46.5 Å². The summed E-state index contributed by atoms with van der Waals surface area (Å²) in [5.41, 5.74) is -0.923. The van der Waals surface area contributed by atoms with Gasteiger partial charge in [0.15, 0.2) is 5.75 Å². The van der Waals surface area contributed by atoms with Crippen molar-refractivity contribution in [1.29, 1.82) is 0 Å². The molecular formula is C18H25FN2O5. The molecule has 1 fully saturated rings. The van der Waals surface area contributed by atoms with Crippen LogP contribution in [0.2, 0.25) is 0 Å². The highest BCUT2D eigenvalue weighted by molar-refractivity contribution is 5.68. The minimum atomic E-state index is -0.627. The second-order valence-electron chi connectivity index (χ2n) is 7.47. The Morgan fingerprint density at radius 3 is 2.58 bits per heavy atom. The van der Waals surface area contributed by atoms with Gasteiger partial charge in [0.1, 0.15) is 17.5 Å². The first-order valence-electron chi connectivity index (χ1n) is 8.65. The van der Waals surface area contributed by atoms with Crippen LogP contribution in [0.3, 0.4) is 0 Å². The summed E-state index contributed by atoms with van der Waals surface area (Å²) in [5.74, 6) is -0.733. The van der Waals surface area contributed by atoms with Crippen LogP contribution in [0.25, 0.3) is 0 Å². The molecule has 0 aromatic heterocycles. The summed E-state index contributed by atoms with van der Waals surface area (Å²) in [5, 5.41) is 11.2. The van der Waals surface area contributed by atoms with Gasteiger partial charge in [0, 0.05) is 19.2 Å². The number of amides is 1. The van der Waals surface area contributed by atoms with E-state index < -0.39 is 28.5 Å². The molecule has 2 rings (SSSR count). The van der Waals surface area contributed by atoms with Crippen molar-refractivity contribution >= 4 is 11.8 Å². The number of nitrogens with zero attached hydrogens (tertiary/aromatic N) is 2. The van der Waals surface area contributed by atoms with E-state index >= 15 is 0 Å². The zero-order valence-electron chi connectivity index (χ0n) is 15.5. The molecule has 26 heavy (non-hydrogen) atoms. The van der Waals surface area contributed by atoms with Crippen molar-refractivity contribution in [1.82, 2.24) is 4.90 Å². The number of nitro benzene ring substituents is 1. The lowest BCUT2D eigenvalue weighted by molar-refractivity contribution is -0.386. The second-order valence-corrected chi connectivity index (χ2v) is 7.47. The molecule has 7 nitrogen and oxygen atoms in total. The number of likely N-dealkylation sites (N-methyl/N-ethyl adjacent to an activating group) is 1. The van der Waals surface area contributed by atoms with E-state index in [1.165, 1.54) is 4.90 Å². The number of halogens is 1. The van der Waals surface area contributed by atoms with E-state index in [2.05, 4.69) is 0 Å². The lowest BCUT2D eigenvalue weighted by Gasteiger charge is -2.38. The average molecular weight is 368 g/mol. The van der Waals surface area contributed by atoms with Crippen LogP contribution < -0.4 is 4.74 Å². The molecule has 0 bridgehead atoms. The number of ether oxygens (including phenoxy) is 2. The Kier molecular flexibility index (Phi) is 6.05. The lowest BCUT2D eigenvalue weighted by Crippen LogP contribution is -2.50. The summed E-state index contributed by atoms with van der Waals surface area (Å²) < 4.78 is 24.8. The van der Waals surface area contributed by atoms with Crippen molar-refractivity contribution in [2.75, 3.05) is 7.05 Å². The summed E-state index contributed by atoms with van der Waals surface area (Å²) in [6, 6.07) is 2.81. The van der Waals surface area contributed by atoms with Crippen LogP contribution in [0.5, 0.6) is 5.75 Å². The number of nitro groups is 1. The van der Waals surface area contributed by atoms with Gasteiger partial charge in [-0.25, -0.2) is 9.18 Å². The number of hydrogen-bond acceptors (Lipinski definition) is 5. The zero-order chi connectivity index (χ0) is 19.5. The van der Waals surface area contributed by atoms with Crippen molar-refractivity contribution in [3.63, 3.8) is 0 Å². The monoisotopic (exact) mass is 368 g/mol. The third kappa shape index (κ3) is 5.06. The Labute approximate surface area is 152 Å². The van der Waals surface area contributed by atoms with E-state index in [1.54, 1.807) is 27.8 Å². The van der Waals surface area contributed by atoms with Gasteiger partial charge in [-0.3, -0.25) is 10.1 Å². The molecule has 0 heterocycles. The number of benzene rings is 1. The predicted octanol–water partition coefficient (Wildman–Crippen LogP) is 4.29. The highest BCUT2D eigenvalue weighted by atomic mass is 19.1. The minimum Gasteiger partial charge on any atom is -0.481 e. The number of rotatable bonds is 4. The molecule has 1 saturated carbocycles. The number of carbonyl (C=O) groups is 1. The lowest BCUT2D eigenvalue weighted by atomic mass is 9.91. The summed E-state index contributed by atoms with van der Waals surface area (Å²) in [4.78, 5) is 24.4. The summed E-state index contributed by atoms with van der Waals surface area (Å²) in [6.45, 7) is 5.34. The fourth-order valence-electron chi connectivity index (χ4n) is 3.02. The van der Waals surface area contributed by atoms with Gasteiger partial charge in [-0.1, -0.05) is 6.42 Å². The normalized spacial score (nSPS) is 20.3. The van der Waals surface area contributed by atoms with Crippen molar-refractivity contribution in [3.05, 3.63) is 34.1 Å². The van der Waals surface area contributed by atoms with E-state index in [9.17, 15) is 19.3 Å². The molecule has 144 valence electrons. The van der Waals surface area contributed by atoms with Crippen LogP contribution in [-0.2, 0) is 4.74 Å². The second kappa shape index (κ2) is 7.88. The predicted molar refractivity (Wildman–Crippen MR) is 93.7 cm³/mol. The molecule has 1 aliphatic rings. The molecule has 1 aromatic rings. The topological polar surface area (TPSA) is 81.9 Å². The maximum Gasteiger partial charge on any atom is 0.410 e. The third-order valence-electron chi connectivity index (χ3n) is 4.24. The maximum absolute atomic E-state index is 13.5. The van der Waals surface area contributed by atoms with Crippen LogP contribution in [-0.4, -0.2) is 40.7 Å². The smallest absolute Gasteiger partial charge is 0.410 e. The first-order valence-corrected chi connectivity index (χ1v) is 8.65. The van der Waals surface area contributed by atoms with Crippen molar-refractivity contribution in [2.45, 2.75) is 64.2 Å². The quantitative estimate of drug-likeness (QED) is 0.585. The molecule has 2 atom stereocenters. The Morgan fingerprint density at radius 1 is 1.31 bits per heavy atom. The highest BCUT2D eigenvalue weighted by Crippen LogP contribution is 2.33. The van der Waals surface area contributed by atoms with Gasteiger partial charge in [0.25, 0.3) is 0 Å². The van der Waals surface area contributed by atoms with E-state index in [4.69, 9.17) is 9.47 Å². The molecule has 1 amide bonds. The van der Waals surface area contributed by atoms with Gasteiger partial charge < -0.3 is 14.4 Å². The fourth-order valence-corrected chi connectivity index (χ4v) is 3.02. The van der Waals surface area contributed by atoms with E-state index in [-0.39, 0.29) is 17.5 Å². The van der Waals surface area contributed by atoms with Gasteiger partial charge in [0.05, 0.1) is 11.0 Å². The maximum atomic E-state index is 13.5. The molecule has 0 spiro atoms. The minimum absolute atomic E-state index is 0.121. The zero-order valence-corrected chi connectivity index (χ0v) is 15.5. The van der Waals surface area contributed by atoms with Crippen LogP contribution in [0.15, 0.2) is 18.2 Å². The summed E-state index contributed by atoms with van der Waals surface area (Å²) in [6.07, 6.45) is 2.12. The Morgan fingerprint density at radius 2 is 1.96 bits per heavy atom. The molecule has 0 aliphatic heterocycles. The van der Waals surface area contributed by atoms with E-state index in [0.717, 1.165) is 31.0 Å². The molecular weight excluding hydrogens is 343 g/mol. The van der Waals surface area contributed by atoms with Gasteiger partial charge in [0.2, 0.25) is 0 Å². The average Bonchev–Trinajstić information content (AvgIpc) is 2.53. The van der Waals surface area contributed by atoms with E-state index in [1.807, 2.05) is 0 Å². The van der Waals surface area contributed by atoms with E-state index in [0.29, 0.717) is 12.8 Å². The number of hydrogen-bond donors (Lipinski definition) is 0. The van der Waals surface area contributed by atoms with Gasteiger partial charge in [-0.2, -0.15) is 0 Å². The largest absolute Gasteiger partial charge is 0.481 e. The molecule has 0 radical (unpaired) electrons. The highest BCUT2D eigenvalue weighted by Gasteiger charge is 2.35. The van der Waals surface area contributed by atoms with Crippen molar-refractivity contribution in [2.24, 2.45) is 0 Å². The van der Waals surface area contributed by atoms with Crippen LogP contribution >= 0.6 is 0 Å². The molecule has 1 aliphatic carbocycles. The van der Waals surface area contributed by atoms with Crippen molar-refractivity contribution in [3.8, 4) is 5.75 Å². The molecule has 8 heteroatoms. The Hall–Kier alpha value is -2.38. The fraction of sp³-hybridized carbons (Fsp3) is 0.611. The third-order valence-corrected chi connectivity index (χ3v) is 4.24. The summed E-state index contributed by atoms with van der Waals surface area (Å²) in [7, 11) is 1.63. The van der Waals surface area contributed by atoms with Gasteiger partial charge in [-0.15, -0.1) is 0 Å². The van der Waals surface area contributed by atoms with Gasteiger partial charge >= 0.3 is 11.8 Å². The Bertz CT molecular complexity index is 674. The van der Waals surface area contributed by atoms with Crippen LogP contribution in [0.4, 0.5) is 14.9 Å². The summed E-state index contributed by atoms with van der Waals surface area (Å²) >= 11 is 0. The SMILES string of the molecule is CN(C(=O)OC(C)(C)C)[C@H]1CCCC[C@@H]1Oc1cc(F)ccc1[N+](=O)[O-]. The van der Waals surface area contributed by atoms with Crippen LogP contribution in [0, 0.1) is 15.9 Å². The molecule has 0 N–H and O–H groups in total. The standard InChI is InChI=1S/C18H25FN2O5/c1-18(2,3)26-17(22)20(4)13-7-5-6-8-15(13)25-16-11-12(19)9-10-14(16)21(23)24/h9-11,13,15H,5-8H2,1-4H3/t13-,15-/m0/s1. The first kappa shape index (κ1) is 19.9. The molecule has 0 saturated heterocycles. The van der Waals surface area contributed by atoms with Gasteiger partial charge in [-0.05, 0) is 46.1 Å². The number of carbonyl (C=O) groups excluding carboxylic acids is 1. The molecule has 1 aromatic carbocycles.